The van der Waals surface area contributed by atoms with Crippen molar-refractivity contribution < 1.29 is 36.8 Å². The van der Waals surface area contributed by atoms with E-state index in [4.69, 9.17) is 25.0 Å². The zero-order valence-electron chi connectivity index (χ0n) is 11.3. The molecule has 0 radical (unpaired) electrons. The largest absolute Gasteiger partial charge is 0.495 e. The number of nitrogens with two attached hydrogens (primary N) is 1. The number of nitrogen functional groups attached to an aromatic ring is 1. The van der Waals surface area contributed by atoms with Crippen molar-refractivity contribution in [1.29, 1.82) is 0 Å². The molecule has 4 N–H and O–H groups in total. The van der Waals surface area contributed by atoms with Crippen LogP contribution in [-0.4, -0.2) is 44.8 Å². The molecule has 0 aliphatic heterocycles. The van der Waals surface area contributed by atoms with Gasteiger partial charge in [-0.15, -0.1) is 0 Å². The van der Waals surface area contributed by atoms with E-state index in [0.717, 1.165) is 0 Å². The summed E-state index contributed by atoms with van der Waals surface area (Å²) in [5, 5.41) is 0. The number of hydrogen-bond donors (Lipinski definition) is 3. The molecule has 11 heteroatoms. The fourth-order valence-corrected chi connectivity index (χ4v) is 3.22. The first-order chi connectivity index (χ1) is 9.60. The Morgan fingerprint density at radius 1 is 1.19 bits per heavy atom. The molecule has 1 aromatic rings. The molecule has 0 saturated carbocycles. The molecule has 0 bridgehead atoms. The van der Waals surface area contributed by atoms with Crippen molar-refractivity contribution in [1.82, 2.24) is 0 Å². The lowest BCUT2D eigenvalue weighted by atomic mass is 10.3. The maximum Gasteiger partial charge on any atom is 0.469 e. The van der Waals surface area contributed by atoms with Crippen LogP contribution in [0, 0.1) is 0 Å². The van der Waals surface area contributed by atoms with Crippen LogP contribution in [0.1, 0.15) is 0 Å². The minimum Gasteiger partial charge on any atom is -0.495 e. The SMILES string of the molecule is COc1cc(S(=O)(=O)CCOP(=O)(O)O)c(OC)cc1N. The molecule has 1 rings (SSSR count). The van der Waals surface area contributed by atoms with Crippen LogP contribution in [0.4, 0.5) is 5.69 Å². The van der Waals surface area contributed by atoms with E-state index >= 15 is 0 Å². The highest BCUT2D eigenvalue weighted by Gasteiger charge is 2.24. The van der Waals surface area contributed by atoms with Crippen LogP contribution < -0.4 is 15.2 Å². The molecule has 0 unspecified atom stereocenters. The van der Waals surface area contributed by atoms with Gasteiger partial charge in [-0.2, -0.15) is 0 Å². The first-order valence-electron chi connectivity index (χ1n) is 5.55. The van der Waals surface area contributed by atoms with Crippen molar-refractivity contribution in [3.8, 4) is 11.5 Å². The van der Waals surface area contributed by atoms with Crippen LogP contribution in [-0.2, 0) is 18.9 Å². The predicted molar refractivity (Wildman–Crippen MR) is 74.0 cm³/mol. The average Bonchev–Trinajstić information content (AvgIpc) is 2.36. The summed E-state index contributed by atoms with van der Waals surface area (Å²) in [5.74, 6) is -0.489. The third-order valence-electron chi connectivity index (χ3n) is 2.46. The van der Waals surface area contributed by atoms with E-state index < -0.39 is 30.0 Å². The van der Waals surface area contributed by atoms with Crippen LogP contribution >= 0.6 is 7.82 Å². The summed E-state index contributed by atoms with van der Waals surface area (Å²) in [6.07, 6.45) is 0. The number of methoxy groups -OCH3 is 2. The van der Waals surface area contributed by atoms with Gasteiger partial charge in [0.15, 0.2) is 9.84 Å². The minimum atomic E-state index is -4.73. The third-order valence-corrected chi connectivity index (χ3v) is 4.67. The Labute approximate surface area is 121 Å². The molecule has 120 valence electrons. The number of benzene rings is 1. The second kappa shape index (κ2) is 6.63. The van der Waals surface area contributed by atoms with Crippen LogP contribution in [0.25, 0.3) is 0 Å². The van der Waals surface area contributed by atoms with Crippen LogP contribution in [0.15, 0.2) is 17.0 Å². The van der Waals surface area contributed by atoms with Gasteiger partial charge in [-0.1, -0.05) is 0 Å². The third kappa shape index (κ3) is 4.87. The lowest BCUT2D eigenvalue weighted by Gasteiger charge is -2.13. The monoisotopic (exact) mass is 341 g/mol. The fourth-order valence-electron chi connectivity index (χ4n) is 1.51. The molecule has 0 fully saturated rings. The molecule has 0 atom stereocenters. The molecular formula is C10H16NO8PS. The number of phosphoric acid groups is 1. The van der Waals surface area contributed by atoms with Gasteiger partial charge < -0.3 is 25.0 Å². The van der Waals surface area contributed by atoms with Crippen molar-refractivity contribution in [2.45, 2.75) is 4.90 Å². The van der Waals surface area contributed by atoms with Crippen LogP contribution in [0.3, 0.4) is 0 Å². The molecule has 0 amide bonds. The van der Waals surface area contributed by atoms with E-state index in [1.54, 1.807) is 0 Å². The van der Waals surface area contributed by atoms with Gasteiger partial charge >= 0.3 is 7.82 Å². The van der Waals surface area contributed by atoms with Gasteiger partial charge in [0, 0.05) is 12.1 Å². The summed E-state index contributed by atoms with van der Waals surface area (Å²) in [5.41, 5.74) is 5.84. The Balaban J connectivity index is 3.09. The number of anilines is 1. The number of ether oxygens (including phenoxy) is 2. The van der Waals surface area contributed by atoms with Crippen molar-refractivity contribution in [2.75, 3.05) is 32.3 Å². The highest BCUT2D eigenvalue weighted by molar-refractivity contribution is 7.91. The Morgan fingerprint density at radius 3 is 2.24 bits per heavy atom. The average molecular weight is 341 g/mol. The van der Waals surface area contributed by atoms with E-state index in [1.807, 2.05) is 0 Å². The molecule has 21 heavy (non-hydrogen) atoms. The van der Waals surface area contributed by atoms with Gasteiger partial charge in [0.25, 0.3) is 0 Å². The maximum atomic E-state index is 12.2. The smallest absolute Gasteiger partial charge is 0.469 e. The van der Waals surface area contributed by atoms with Gasteiger partial charge in [0.2, 0.25) is 0 Å². The zero-order valence-corrected chi connectivity index (χ0v) is 13.1. The molecule has 1 aromatic carbocycles. The fraction of sp³-hybridized carbons (Fsp3) is 0.400. The normalized spacial score (nSPS) is 12.2. The highest BCUT2D eigenvalue weighted by Crippen LogP contribution is 2.37. The maximum absolute atomic E-state index is 12.2. The van der Waals surface area contributed by atoms with Gasteiger partial charge in [-0.05, 0) is 0 Å². The van der Waals surface area contributed by atoms with Gasteiger partial charge in [0.1, 0.15) is 16.4 Å². The first kappa shape index (κ1) is 17.7. The van der Waals surface area contributed by atoms with Crippen molar-refractivity contribution in [2.24, 2.45) is 0 Å². The molecule has 0 aliphatic carbocycles. The highest BCUT2D eigenvalue weighted by atomic mass is 32.2. The Morgan fingerprint density at radius 2 is 1.76 bits per heavy atom. The molecular weight excluding hydrogens is 325 g/mol. The van der Waals surface area contributed by atoms with Crippen LogP contribution in [0.5, 0.6) is 11.5 Å². The van der Waals surface area contributed by atoms with Crippen molar-refractivity contribution >= 4 is 23.3 Å². The lowest BCUT2D eigenvalue weighted by molar-refractivity contribution is 0.207. The summed E-state index contributed by atoms with van der Waals surface area (Å²) in [4.78, 5) is 16.9. The minimum absolute atomic E-state index is 0.00415. The molecule has 0 aromatic heterocycles. The van der Waals surface area contributed by atoms with Crippen molar-refractivity contribution in [3.63, 3.8) is 0 Å². The molecule has 0 aliphatic rings. The summed E-state index contributed by atoms with van der Waals surface area (Å²) in [6, 6.07) is 2.47. The Hall–Kier alpha value is -1.32. The Bertz CT molecular complexity index is 653. The first-order valence-corrected chi connectivity index (χ1v) is 8.73. The van der Waals surface area contributed by atoms with Crippen LogP contribution in [0.2, 0.25) is 0 Å². The zero-order chi connectivity index (χ0) is 16.3. The van der Waals surface area contributed by atoms with Gasteiger partial charge in [-0.3, -0.25) is 4.52 Å². The van der Waals surface area contributed by atoms with E-state index in [9.17, 15) is 13.0 Å². The molecule has 0 heterocycles. The van der Waals surface area contributed by atoms with E-state index in [2.05, 4.69) is 4.52 Å². The van der Waals surface area contributed by atoms with Crippen molar-refractivity contribution in [3.05, 3.63) is 12.1 Å². The predicted octanol–water partition coefficient (Wildman–Crippen LogP) is 0.169. The summed E-state index contributed by atoms with van der Waals surface area (Å²) in [7, 11) is -6.03. The van der Waals surface area contributed by atoms with E-state index in [-0.39, 0.29) is 22.1 Å². The number of sulfone groups is 1. The quantitative estimate of drug-likeness (QED) is 0.466. The lowest BCUT2D eigenvalue weighted by Crippen LogP contribution is -2.13. The second-order valence-electron chi connectivity index (χ2n) is 3.89. The Kier molecular flexibility index (Phi) is 5.60. The molecule has 9 nitrogen and oxygen atoms in total. The second-order valence-corrected chi connectivity index (χ2v) is 7.20. The number of hydrogen-bond acceptors (Lipinski definition) is 7. The summed E-state index contributed by atoms with van der Waals surface area (Å²) < 4.78 is 48.9. The van der Waals surface area contributed by atoms with E-state index in [1.165, 1.54) is 26.4 Å². The number of phosphoric ester groups is 1. The summed E-state index contributed by atoms with van der Waals surface area (Å²) >= 11 is 0. The topological polar surface area (TPSA) is 145 Å². The molecule has 0 saturated heterocycles. The molecule has 0 spiro atoms. The van der Waals surface area contributed by atoms with Gasteiger partial charge in [0.05, 0.1) is 32.3 Å². The van der Waals surface area contributed by atoms with E-state index in [0.29, 0.717) is 0 Å². The van der Waals surface area contributed by atoms with Gasteiger partial charge in [-0.25, -0.2) is 13.0 Å². The number of rotatable bonds is 7. The summed E-state index contributed by atoms with van der Waals surface area (Å²) in [6.45, 7) is -0.664. The standard InChI is InChI=1S/C10H16NO8PS/c1-17-8-6-10(9(18-2)5-7(8)11)21(15,16)4-3-19-20(12,13)14/h5-6H,3-4,11H2,1-2H3,(H2,12,13,14).